The second kappa shape index (κ2) is 12.7. The van der Waals surface area contributed by atoms with Crippen molar-refractivity contribution in [3.05, 3.63) is 29.8 Å². The molecule has 0 saturated heterocycles. The molecule has 0 fully saturated rings. The average Bonchev–Trinajstić information content (AvgIpc) is 2.47. The molecule has 0 amide bonds. The van der Waals surface area contributed by atoms with Crippen molar-refractivity contribution in [2.45, 2.75) is 6.32 Å². The summed E-state index contributed by atoms with van der Waals surface area (Å²) in [6.07, 6.45) is 1.14. The smallest absolute Gasteiger partial charge is 0.115 e. The molecule has 0 aliphatic rings. The third kappa shape index (κ3) is 9.85. The largest absolute Gasteiger partial charge is 0.508 e. The molecule has 0 aliphatic carbocycles. The van der Waals surface area contributed by atoms with Gasteiger partial charge in [-0.1, -0.05) is 24.0 Å². The maximum Gasteiger partial charge on any atom is 0.115 e. The predicted octanol–water partition coefficient (Wildman–Crippen LogP) is -4.62. The van der Waals surface area contributed by atoms with E-state index in [0.717, 1.165) is 12.0 Å². The lowest BCUT2D eigenvalue weighted by Gasteiger charge is -1.99. The van der Waals surface area contributed by atoms with Gasteiger partial charge >= 0.3 is 0 Å². The normalized spacial score (nSPS) is 8.85. The van der Waals surface area contributed by atoms with Crippen LogP contribution in [-0.4, -0.2) is 81.6 Å². The van der Waals surface area contributed by atoms with Crippen molar-refractivity contribution in [2.75, 3.05) is 5.65 Å². The molecule has 12 heteroatoms. The quantitative estimate of drug-likeness (QED) is 0.223. The van der Waals surface area contributed by atoms with Crippen molar-refractivity contribution in [2.24, 2.45) is 0 Å². The minimum absolute atomic E-state index is 0.364. The summed E-state index contributed by atoms with van der Waals surface area (Å²) in [5, 5.41) is 9.21. The maximum absolute atomic E-state index is 9.21. The zero-order valence-corrected chi connectivity index (χ0v) is 13.6. The van der Waals surface area contributed by atoms with Crippen molar-refractivity contribution < 1.29 is 5.11 Å². The van der Waals surface area contributed by atoms with Crippen LogP contribution in [0.2, 0.25) is 0 Å². The molecule has 0 aromatic heterocycles. The Morgan fingerprint density at radius 3 is 1.80 bits per heavy atom. The van der Waals surface area contributed by atoms with Gasteiger partial charge in [-0.3, -0.25) is 0 Å². The van der Waals surface area contributed by atoms with Crippen molar-refractivity contribution in [1.29, 1.82) is 0 Å². The van der Waals surface area contributed by atoms with Gasteiger partial charge in [0.2, 0.25) is 0 Å². The molecule has 0 spiro atoms. The number of benzene rings is 1. The van der Waals surface area contributed by atoms with Crippen LogP contribution in [0.3, 0.4) is 0 Å². The van der Waals surface area contributed by atoms with Crippen LogP contribution in [0, 0.1) is 0 Å². The van der Waals surface area contributed by atoms with E-state index in [9.17, 15) is 5.11 Å². The van der Waals surface area contributed by atoms with E-state index < -0.39 is 0 Å². The second-order valence-electron chi connectivity index (χ2n) is 5.68. The Hall–Kier alpha value is 0.0194. The predicted molar refractivity (Wildman–Crippen MR) is 117 cm³/mol. The summed E-state index contributed by atoms with van der Waals surface area (Å²) in [4.78, 5) is 0. The summed E-state index contributed by atoms with van der Waals surface area (Å²) in [5.41, 5.74) is 2.38. The summed E-state index contributed by atoms with van der Waals surface area (Å²) in [6.45, 7) is 0. The lowest BCUT2D eigenvalue weighted by atomic mass is 8.88. The van der Waals surface area contributed by atoms with E-state index in [-0.39, 0.29) is 0 Å². The molecule has 1 aromatic carbocycles. The third-order valence-electron chi connectivity index (χ3n) is 3.81. The van der Waals surface area contributed by atoms with Gasteiger partial charge in [-0.25, -0.2) is 0 Å². The zero-order chi connectivity index (χ0) is 14.5. The highest BCUT2D eigenvalue weighted by Gasteiger charge is 2.02. The van der Waals surface area contributed by atoms with E-state index in [1.807, 2.05) is 12.1 Å². The fourth-order valence-corrected chi connectivity index (χ4v) is 2.74. The summed E-state index contributed by atoms with van der Waals surface area (Å²) >= 11 is 4.23. The Morgan fingerprint density at radius 2 is 1.25 bits per heavy atom. The van der Waals surface area contributed by atoms with Crippen LogP contribution in [0.4, 0.5) is 0 Å². The van der Waals surface area contributed by atoms with E-state index in [4.69, 9.17) is 0 Å². The first-order valence-electron chi connectivity index (χ1n) is 8.21. The molecule has 0 saturated carbocycles. The number of phenols is 1. The molecule has 0 radical (unpaired) electrons. The monoisotopic (exact) mass is 274 g/mol. The van der Waals surface area contributed by atoms with Crippen LogP contribution in [0.5, 0.6) is 5.75 Å². The fraction of sp³-hybridized carbons (Fsp3) is 0.250. The van der Waals surface area contributed by atoms with Gasteiger partial charge in [-0.2, -0.15) is 12.6 Å². The van der Waals surface area contributed by atoms with Crippen LogP contribution in [0.15, 0.2) is 24.3 Å². The molecule has 1 rings (SSSR count). The van der Waals surface area contributed by atoms with Crippen molar-refractivity contribution in [3.63, 3.8) is 0 Å². The Labute approximate surface area is 136 Å². The fourth-order valence-electron chi connectivity index (χ4n) is 2.52. The molecule has 1 aromatic rings. The topological polar surface area (TPSA) is 20.2 Å². The minimum Gasteiger partial charge on any atom is -0.508 e. The molecule has 0 aliphatic heterocycles. The highest BCUT2D eigenvalue weighted by Crippen LogP contribution is 2.09. The Morgan fingerprint density at radius 1 is 0.750 bits per heavy atom. The van der Waals surface area contributed by atoms with Crippen molar-refractivity contribution in [3.8, 4) is 5.75 Å². The summed E-state index contributed by atoms with van der Waals surface area (Å²) in [5.74, 6) is 0.364. The van der Waals surface area contributed by atoms with Gasteiger partial charge in [0, 0.05) is 56.5 Å². The highest BCUT2D eigenvalue weighted by molar-refractivity contribution is 7.83. The number of hydrogen-bond acceptors (Lipinski definition) is 2. The van der Waals surface area contributed by atoms with E-state index in [1.165, 1.54) is 76.4 Å². The zero-order valence-electron chi connectivity index (χ0n) is 12.7. The number of hydrogen-bond donors (Lipinski definition) is 2. The first-order chi connectivity index (χ1) is 9.83. The van der Waals surface area contributed by atoms with Crippen molar-refractivity contribution in [1.82, 2.24) is 0 Å². The molecule has 0 heterocycles. The Kier molecular flexibility index (Phi) is 11.5. The molecular weight excluding hydrogens is 252 g/mol. The van der Waals surface area contributed by atoms with Crippen LogP contribution >= 0.6 is 12.6 Å². The number of rotatable bonds is 12. The van der Waals surface area contributed by atoms with Gasteiger partial charge in [0.1, 0.15) is 5.75 Å². The van der Waals surface area contributed by atoms with Gasteiger partial charge in [0.15, 0.2) is 0 Å². The second-order valence-corrected chi connectivity index (χ2v) is 6.12. The van der Waals surface area contributed by atoms with Gasteiger partial charge in [0.25, 0.3) is 0 Å². The van der Waals surface area contributed by atoms with Crippen molar-refractivity contribution >= 4 is 83.5 Å². The first-order valence-corrected chi connectivity index (χ1v) is 8.85. The molecule has 1 nitrogen and oxygen atoms in total. The molecule has 0 unspecified atom stereocenters. The lowest BCUT2D eigenvalue weighted by molar-refractivity contribution is 0.475. The molecule has 0 bridgehead atoms. The van der Waals surface area contributed by atoms with Gasteiger partial charge < -0.3 is 5.11 Å². The molecule has 0 atom stereocenters. The Bertz CT molecular complexity index is 339. The standard InChI is InChI=1S/C8H20B10OS/c19-8-3-1-7(2-4-8)5-9-11-13-15-17-18-16-14-12-10-6-20/h1-4,9-20H,5-6H2. The van der Waals surface area contributed by atoms with Crippen LogP contribution in [0.25, 0.3) is 0 Å². The Balaban J connectivity index is 1.84. The lowest BCUT2D eigenvalue weighted by Crippen LogP contribution is -2.33. The first kappa shape index (κ1) is 18.1. The summed E-state index contributed by atoms with van der Waals surface area (Å²) in [6, 6.07) is 7.62. The van der Waals surface area contributed by atoms with Crippen LogP contribution in [0.1, 0.15) is 5.56 Å². The highest BCUT2D eigenvalue weighted by atomic mass is 32.1. The summed E-state index contributed by atoms with van der Waals surface area (Å²) in [7, 11) is 13.6. The van der Waals surface area contributed by atoms with Crippen LogP contribution in [-0.2, 0) is 6.32 Å². The molecular formula is C8H20B10OS. The average molecular weight is 272 g/mol. The maximum atomic E-state index is 9.21. The van der Waals surface area contributed by atoms with E-state index in [0.29, 0.717) is 5.75 Å². The molecule has 94 valence electrons. The number of thiol groups is 1. The van der Waals surface area contributed by atoms with Gasteiger partial charge in [-0.15, -0.1) is 0 Å². The van der Waals surface area contributed by atoms with Gasteiger partial charge in [0.05, 0.1) is 14.3 Å². The number of phenolic OH excluding ortho intramolecular Hbond substituents is 1. The number of aromatic hydroxyl groups is 1. The van der Waals surface area contributed by atoms with E-state index in [2.05, 4.69) is 12.6 Å². The van der Waals surface area contributed by atoms with E-state index >= 15 is 0 Å². The minimum atomic E-state index is 0.364. The van der Waals surface area contributed by atoms with Gasteiger partial charge in [-0.05, 0) is 17.8 Å². The third-order valence-corrected chi connectivity index (χ3v) is 4.13. The summed E-state index contributed by atoms with van der Waals surface area (Å²) < 4.78 is 0. The molecule has 20 heavy (non-hydrogen) atoms. The van der Waals surface area contributed by atoms with Crippen LogP contribution < -0.4 is 0 Å². The van der Waals surface area contributed by atoms with E-state index in [1.54, 1.807) is 12.1 Å². The SMILES string of the molecule is Oc1ccc(CBBBBBBBBBBCS)cc1. The molecule has 1 N–H and O–H groups in total.